The average Bonchev–Trinajstić information content (AvgIpc) is 2.66. The third-order valence-corrected chi connectivity index (χ3v) is 4.40. The zero-order valence-corrected chi connectivity index (χ0v) is 18.6. The Morgan fingerprint density at radius 2 is 2.00 bits per heavy atom. The number of rotatable bonds is 7. The van der Waals surface area contributed by atoms with Gasteiger partial charge in [-0.25, -0.2) is 4.79 Å². The summed E-state index contributed by atoms with van der Waals surface area (Å²) in [6.45, 7) is 11.1. The molecule has 7 nitrogen and oxygen atoms in total. The Bertz CT molecular complexity index is 860. The van der Waals surface area contributed by atoms with E-state index in [1.165, 1.54) is 11.1 Å². The molecular formula is C23H33N5O2. The van der Waals surface area contributed by atoms with Gasteiger partial charge in [0, 0.05) is 31.2 Å². The molecule has 30 heavy (non-hydrogen) atoms. The van der Waals surface area contributed by atoms with Crippen LogP contribution in [0.25, 0.3) is 0 Å². The first-order valence-electron chi connectivity index (χ1n) is 10.1. The van der Waals surface area contributed by atoms with Crippen molar-refractivity contribution < 1.29 is 9.53 Å². The zero-order chi connectivity index (χ0) is 22.1. The van der Waals surface area contributed by atoms with Gasteiger partial charge in [0.05, 0.1) is 6.54 Å². The summed E-state index contributed by atoms with van der Waals surface area (Å²) in [6.07, 6.45) is 3.77. The van der Waals surface area contributed by atoms with Crippen molar-refractivity contribution in [1.82, 2.24) is 9.88 Å². The summed E-state index contributed by atoms with van der Waals surface area (Å²) in [4.78, 5) is 22.8. The summed E-state index contributed by atoms with van der Waals surface area (Å²) >= 11 is 0. The second kappa shape index (κ2) is 10.6. The summed E-state index contributed by atoms with van der Waals surface area (Å²) in [7, 11) is 0. The molecule has 0 fully saturated rings. The molecule has 0 bridgehead atoms. The lowest BCUT2D eigenvalue weighted by atomic mass is 10.1. The van der Waals surface area contributed by atoms with Gasteiger partial charge in [0.1, 0.15) is 5.60 Å². The first-order chi connectivity index (χ1) is 14.1. The van der Waals surface area contributed by atoms with Crippen molar-refractivity contribution in [3.63, 3.8) is 0 Å². The first-order valence-corrected chi connectivity index (χ1v) is 10.1. The maximum absolute atomic E-state index is 12.6. The van der Waals surface area contributed by atoms with E-state index in [4.69, 9.17) is 10.5 Å². The van der Waals surface area contributed by atoms with Crippen LogP contribution in [0.15, 0.2) is 47.7 Å². The number of nitrogens with two attached hydrogens (primary N) is 1. The number of nitrogens with one attached hydrogen (secondary N) is 1. The molecule has 0 spiro atoms. The van der Waals surface area contributed by atoms with Gasteiger partial charge in [0.2, 0.25) is 0 Å². The highest BCUT2D eigenvalue weighted by Gasteiger charge is 2.22. The summed E-state index contributed by atoms with van der Waals surface area (Å²) < 4.78 is 5.54. The minimum atomic E-state index is -0.553. The van der Waals surface area contributed by atoms with Gasteiger partial charge < -0.3 is 20.7 Å². The van der Waals surface area contributed by atoms with Gasteiger partial charge in [0.15, 0.2) is 5.96 Å². The van der Waals surface area contributed by atoms with E-state index in [-0.39, 0.29) is 6.09 Å². The fourth-order valence-electron chi connectivity index (χ4n) is 2.74. The van der Waals surface area contributed by atoms with Gasteiger partial charge in [0.25, 0.3) is 0 Å². The van der Waals surface area contributed by atoms with Crippen LogP contribution in [0.5, 0.6) is 0 Å². The second-order valence-corrected chi connectivity index (χ2v) is 8.31. The number of pyridine rings is 1. The van der Waals surface area contributed by atoms with E-state index < -0.39 is 5.60 Å². The van der Waals surface area contributed by atoms with Crippen molar-refractivity contribution in [2.24, 2.45) is 10.7 Å². The lowest BCUT2D eigenvalue weighted by molar-refractivity contribution is 0.0232. The van der Waals surface area contributed by atoms with Crippen molar-refractivity contribution in [3.05, 3.63) is 59.4 Å². The third kappa shape index (κ3) is 8.11. The van der Waals surface area contributed by atoms with Crippen molar-refractivity contribution in [3.8, 4) is 0 Å². The number of amides is 1. The molecule has 3 N–H and O–H groups in total. The minimum Gasteiger partial charge on any atom is -0.444 e. The molecule has 1 aromatic carbocycles. The maximum Gasteiger partial charge on any atom is 0.410 e. The molecule has 7 heteroatoms. The van der Waals surface area contributed by atoms with Crippen molar-refractivity contribution in [2.45, 2.75) is 53.2 Å². The van der Waals surface area contributed by atoms with Crippen LogP contribution in [0.3, 0.4) is 0 Å². The number of benzene rings is 1. The molecule has 0 unspecified atom stereocenters. The molecule has 1 aromatic heterocycles. The smallest absolute Gasteiger partial charge is 0.410 e. The molecule has 1 heterocycles. The molecule has 162 valence electrons. The molecule has 2 rings (SSSR count). The fourth-order valence-corrected chi connectivity index (χ4v) is 2.74. The Hall–Kier alpha value is -3.09. The molecule has 0 radical (unpaired) electrons. The number of aliphatic imine (C=N–C) groups is 1. The summed E-state index contributed by atoms with van der Waals surface area (Å²) in [5.41, 5.74) is 9.73. The number of hydrogen-bond acceptors (Lipinski definition) is 4. The van der Waals surface area contributed by atoms with Gasteiger partial charge >= 0.3 is 6.09 Å². The predicted octanol–water partition coefficient (Wildman–Crippen LogP) is 4.25. The number of guanidine groups is 1. The number of aryl methyl sites for hydroxylation is 2. The summed E-state index contributed by atoms with van der Waals surface area (Å²) in [6, 6.07) is 9.85. The Kier molecular flexibility index (Phi) is 8.21. The van der Waals surface area contributed by atoms with Crippen molar-refractivity contribution in [2.75, 3.05) is 18.4 Å². The minimum absolute atomic E-state index is 0.350. The van der Waals surface area contributed by atoms with Crippen LogP contribution >= 0.6 is 0 Å². The third-order valence-electron chi connectivity index (χ3n) is 4.40. The van der Waals surface area contributed by atoms with Crippen LogP contribution in [0.1, 0.15) is 43.9 Å². The van der Waals surface area contributed by atoms with Crippen LogP contribution in [0.2, 0.25) is 0 Å². The Labute approximate surface area is 179 Å². The van der Waals surface area contributed by atoms with Crippen LogP contribution < -0.4 is 11.1 Å². The van der Waals surface area contributed by atoms with Crippen LogP contribution in [-0.2, 0) is 11.3 Å². The van der Waals surface area contributed by atoms with E-state index in [0.29, 0.717) is 32.0 Å². The van der Waals surface area contributed by atoms with E-state index in [2.05, 4.69) is 29.1 Å². The van der Waals surface area contributed by atoms with Gasteiger partial charge in [-0.15, -0.1) is 0 Å². The van der Waals surface area contributed by atoms with Gasteiger partial charge in [-0.3, -0.25) is 9.98 Å². The molecular weight excluding hydrogens is 378 g/mol. The van der Waals surface area contributed by atoms with E-state index in [1.807, 2.05) is 51.1 Å². The quantitative estimate of drug-likeness (QED) is 0.404. The molecule has 2 aromatic rings. The van der Waals surface area contributed by atoms with Gasteiger partial charge in [-0.2, -0.15) is 0 Å². The zero-order valence-electron chi connectivity index (χ0n) is 18.6. The SMILES string of the molecule is Cc1ccc(NC(N)=NCCCN(Cc2cccnc2)C(=O)OC(C)(C)C)cc1C. The summed E-state index contributed by atoms with van der Waals surface area (Å²) in [5.74, 6) is 0.356. The lowest BCUT2D eigenvalue weighted by Crippen LogP contribution is -2.37. The highest BCUT2D eigenvalue weighted by molar-refractivity contribution is 5.92. The van der Waals surface area contributed by atoms with Crippen molar-refractivity contribution in [1.29, 1.82) is 0 Å². The lowest BCUT2D eigenvalue weighted by Gasteiger charge is -2.27. The van der Waals surface area contributed by atoms with Crippen molar-refractivity contribution >= 4 is 17.7 Å². The molecule has 0 saturated carbocycles. The van der Waals surface area contributed by atoms with Gasteiger partial charge in [-0.1, -0.05) is 12.1 Å². The Morgan fingerprint density at radius 1 is 1.23 bits per heavy atom. The number of nitrogens with zero attached hydrogens (tertiary/aromatic N) is 3. The molecule has 0 aliphatic rings. The number of carbonyl (C=O) groups excluding carboxylic acids is 1. The second-order valence-electron chi connectivity index (χ2n) is 8.31. The molecule has 0 aliphatic carbocycles. The van der Waals surface area contributed by atoms with E-state index in [9.17, 15) is 4.79 Å². The monoisotopic (exact) mass is 411 g/mol. The Balaban J connectivity index is 1.92. The van der Waals surface area contributed by atoms with Crippen LogP contribution in [-0.4, -0.2) is 40.6 Å². The normalized spacial score (nSPS) is 11.8. The predicted molar refractivity (Wildman–Crippen MR) is 122 cm³/mol. The maximum atomic E-state index is 12.6. The number of aromatic nitrogens is 1. The average molecular weight is 412 g/mol. The highest BCUT2D eigenvalue weighted by Crippen LogP contribution is 2.14. The molecule has 0 saturated heterocycles. The standard InChI is InChI=1S/C23H33N5O2/c1-17-9-10-20(14-18(17)2)27-21(24)26-12-7-13-28(22(29)30-23(3,4)5)16-19-8-6-11-25-15-19/h6,8-11,14-15H,7,12-13,16H2,1-5H3,(H3,24,26,27). The van der Waals surface area contributed by atoms with Crippen LogP contribution in [0.4, 0.5) is 10.5 Å². The topological polar surface area (TPSA) is 92.8 Å². The highest BCUT2D eigenvalue weighted by atomic mass is 16.6. The number of hydrogen-bond donors (Lipinski definition) is 2. The largest absolute Gasteiger partial charge is 0.444 e. The first kappa shape index (κ1) is 23.2. The number of carbonyl (C=O) groups is 1. The van der Waals surface area contributed by atoms with E-state index >= 15 is 0 Å². The fraction of sp³-hybridized carbons (Fsp3) is 0.435. The van der Waals surface area contributed by atoms with E-state index in [0.717, 1.165) is 11.3 Å². The van der Waals surface area contributed by atoms with Crippen LogP contribution in [0, 0.1) is 13.8 Å². The molecule has 0 atom stereocenters. The van der Waals surface area contributed by atoms with Gasteiger partial charge in [-0.05, 0) is 75.9 Å². The number of ether oxygens (including phenoxy) is 1. The molecule has 1 amide bonds. The molecule has 0 aliphatic heterocycles. The van der Waals surface area contributed by atoms with E-state index in [1.54, 1.807) is 17.3 Å². The Morgan fingerprint density at radius 3 is 2.63 bits per heavy atom. The summed E-state index contributed by atoms with van der Waals surface area (Å²) in [5, 5.41) is 3.11. The number of anilines is 1.